The Balaban J connectivity index is 2.68. The number of furan rings is 1. The fourth-order valence-corrected chi connectivity index (χ4v) is 1.06. The Hall–Kier alpha value is -2.11. The number of aromatic nitrogens is 2. The first kappa shape index (κ1) is 8.49. The summed E-state index contributed by atoms with van der Waals surface area (Å²) in [6.07, 6.45) is 2.61. The third-order valence-electron chi connectivity index (χ3n) is 1.72. The van der Waals surface area contributed by atoms with Gasteiger partial charge in [-0.3, -0.25) is 0 Å². The molecule has 6 heteroatoms. The molecule has 0 radical (unpaired) electrons. The number of ether oxygens (including phenoxy) is 1. The molecule has 0 amide bonds. The second-order valence-electron chi connectivity index (χ2n) is 2.51. The van der Waals surface area contributed by atoms with Crippen LogP contribution in [-0.2, 0) is 4.74 Å². The van der Waals surface area contributed by atoms with Crippen molar-refractivity contribution in [2.24, 2.45) is 0 Å². The van der Waals surface area contributed by atoms with Gasteiger partial charge >= 0.3 is 5.97 Å². The van der Waals surface area contributed by atoms with Gasteiger partial charge in [0.05, 0.1) is 7.11 Å². The highest BCUT2D eigenvalue weighted by Gasteiger charge is 2.21. The molecule has 0 unspecified atom stereocenters. The largest absolute Gasteiger partial charge is 0.503 e. The molecule has 0 bridgehead atoms. The zero-order valence-corrected chi connectivity index (χ0v) is 7.22. The number of methoxy groups -OCH3 is 1. The second-order valence-corrected chi connectivity index (χ2v) is 2.51. The van der Waals surface area contributed by atoms with Gasteiger partial charge in [-0.25, -0.2) is 14.8 Å². The van der Waals surface area contributed by atoms with Gasteiger partial charge in [-0.1, -0.05) is 0 Å². The zero-order valence-electron chi connectivity index (χ0n) is 7.22. The molecule has 2 rings (SSSR count). The lowest BCUT2D eigenvalue weighted by Gasteiger charge is -1.92. The molecule has 0 aliphatic rings. The molecular weight excluding hydrogens is 188 g/mol. The van der Waals surface area contributed by atoms with Crippen LogP contribution in [0.15, 0.2) is 16.9 Å². The van der Waals surface area contributed by atoms with Gasteiger partial charge in [0, 0.05) is 6.20 Å². The van der Waals surface area contributed by atoms with Crippen LogP contribution >= 0.6 is 0 Å². The SMILES string of the molecule is COC(=O)c1oc2ncncc2c1O. The van der Waals surface area contributed by atoms with Crippen molar-refractivity contribution in [2.45, 2.75) is 0 Å². The van der Waals surface area contributed by atoms with E-state index < -0.39 is 5.97 Å². The quantitative estimate of drug-likeness (QED) is 0.673. The molecule has 0 aliphatic carbocycles. The lowest BCUT2D eigenvalue weighted by atomic mass is 10.3. The van der Waals surface area contributed by atoms with Crippen LogP contribution in [0, 0.1) is 0 Å². The number of carbonyl (C=O) groups is 1. The van der Waals surface area contributed by atoms with Crippen LogP contribution < -0.4 is 0 Å². The van der Waals surface area contributed by atoms with Gasteiger partial charge in [-0.15, -0.1) is 0 Å². The molecule has 0 atom stereocenters. The van der Waals surface area contributed by atoms with E-state index in [1.165, 1.54) is 19.6 Å². The van der Waals surface area contributed by atoms with Crippen LogP contribution in [0.1, 0.15) is 10.6 Å². The number of fused-ring (bicyclic) bond motifs is 1. The van der Waals surface area contributed by atoms with Gasteiger partial charge in [-0.05, 0) is 0 Å². The highest BCUT2D eigenvalue weighted by atomic mass is 16.5. The highest BCUT2D eigenvalue weighted by Crippen LogP contribution is 2.29. The summed E-state index contributed by atoms with van der Waals surface area (Å²) in [5.74, 6) is -1.31. The Morgan fingerprint density at radius 1 is 1.64 bits per heavy atom. The molecule has 0 aliphatic heterocycles. The first-order chi connectivity index (χ1) is 6.74. The summed E-state index contributed by atoms with van der Waals surface area (Å²) in [6, 6.07) is 0. The van der Waals surface area contributed by atoms with Gasteiger partial charge in [0.25, 0.3) is 5.76 Å². The Bertz CT molecular complexity index is 491. The predicted octanol–water partition coefficient (Wildman–Crippen LogP) is 0.715. The lowest BCUT2D eigenvalue weighted by Crippen LogP contribution is -1.98. The van der Waals surface area contributed by atoms with Gasteiger partial charge in [-0.2, -0.15) is 0 Å². The van der Waals surface area contributed by atoms with Crippen LogP contribution in [0.4, 0.5) is 0 Å². The molecule has 0 aromatic carbocycles. The Morgan fingerprint density at radius 2 is 2.43 bits per heavy atom. The minimum Gasteiger partial charge on any atom is -0.503 e. The van der Waals surface area contributed by atoms with Gasteiger partial charge in [0.15, 0.2) is 5.75 Å². The summed E-state index contributed by atoms with van der Waals surface area (Å²) in [6.45, 7) is 0. The minimum absolute atomic E-state index is 0.151. The van der Waals surface area contributed by atoms with E-state index in [1.807, 2.05) is 0 Å². The van der Waals surface area contributed by atoms with E-state index in [1.54, 1.807) is 0 Å². The van der Waals surface area contributed by atoms with E-state index in [0.29, 0.717) is 0 Å². The summed E-state index contributed by atoms with van der Waals surface area (Å²) >= 11 is 0. The molecule has 0 fully saturated rings. The number of hydrogen-bond acceptors (Lipinski definition) is 6. The van der Waals surface area contributed by atoms with Crippen LogP contribution in [0.25, 0.3) is 11.1 Å². The average molecular weight is 194 g/mol. The van der Waals surface area contributed by atoms with E-state index >= 15 is 0 Å². The summed E-state index contributed by atoms with van der Waals surface area (Å²) in [7, 11) is 1.20. The topological polar surface area (TPSA) is 85.5 Å². The molecular formula is C8H6N2O4. The Morgan fingerprint density at radius 3 is 3.07 bits per heavy atom. The number of nitrogens with zero attached hydrogens (tertiary/aromatic N) is 2. The number of rotatable bonds is 1. The first-order valence-electron chi connectivity index (χ1n) is 3.74. The summed E-state index contributed by atoms with van der Waals surface area (Å²) in [5, 5.41) is 9.80. The Labute approximate surface area is 78.1 Å². The fourth-order valence-electron chi connectivity index (χ4n) is 1.06. The van der Waals surface area contributed by atoms with E-state index in [2.05, 4.69) is 14.7 Å². The fraction of sp³-hybridized carbons (Fsp3) is 0.125. The molecule has 6 nitrogen and oxygen atoms in total. The summed E-state index contributed by atoms with van der Waals surface area (Å²) in [5.41, 5.74) is 0.151. The first-order valence-corrected chi connectivity index (χ1v) is 3.74. The molecule has 2 aromatic rings. The smallest absolute Gasteiger partial charge is 0.378 e. The summed E-state index contributed by atoms with van der Waals surface area (Å²) < 4.78 is 9.38. The van der Waals surface area contributed by atoms with Crippen LogP contribution in [0.5, 0.6) is 5.75 Å². The van der Waals surface area contributed by atoms with Crippen LogP contribution in [-0.4, -0.2) is 28.2 Å². The third kappa shape index (κ3) is 1.08. The monoisotopic (exact) mass is 194 g/mol. The maximum absolute atomic E-state index is 11.1. The van der Waals surface area contributed by atoms with E-state index in [0.717, 1.165) is 0 Å². The van der Waals surface area contributed by atoms with Gasteiger partial charge in [0.1, 0.15) is 11.7 Å². The summed E-state index contributed by atoms with van der Waals surface area (Å²) in [4.78, 5) is 18.5. The molecule has 72 valence electrons. The van der Waals surface area contributed by atoms with E-state index in [-0.39, 0.29) is 22.6 Å². The zero-order chi connectivity index (χ0) is 10.1. The van der Waals surface area contributed by atoms with Gasteiger partial charge in [0.2, 0.25) is 5.71 Å². The van der Waals surface area contributed by atoms with Crippen molar-refractivity contribution < 1.29 is 19.1 Å². The molecule has 0 saturated heterocycles. The van der Waals surface area contributed by atoms with Crippen LogP contribution in [0.3, 0.4) is 0 Å². The number of aromatic hydroxyl groups is 1. The maximum Gasteiger partial charge on any atom is 0.378 e. The van der Waals surface area contributed by atoms with Crippen molar-refractivity contribution in [3.05, 3.63) is 18.3 Å². The molecule has 0 saturated carbocycles. The predicted molar refractivity (Wildman–Crippen MR) is 44.8 cm³/mol. The molecule has 14 heavy (non-hydrogen) atoms. The molecule has 2 aromatic heterocycles. The van der Waals surface area contributed by atoms with Crippen molar-refractivity contribution in [3.63, 3.8) is 0 Å². The lowest BCUT2D eigenvalue weighted by molar-refractivity contribution is 0.0563. The molecule has 2 heterocycles. The van der Waals surface area contributed by atoms with Crippen molar-refractivity contribution in [1.82, 2.24) is 9.97 Å². The van der Waals surface area contributed by atoms with Crippen molar-refractivity contribution in [3.8, 4) is 5.75 Å². The average Bonchev–Trinajstić information content (AvgIpc) is 2.56. The molecule has 1 N–H and O–H groups in total. The maximum atomic E-state index is 11.1. The molecule has 0 spiro atoms. The highest BCUT2D eigenvalue weighted by molar-refractivity contribution is 5.97. The number of carbonyl (C=O) groups excluding carboxylic acids is 1. The minimum atomic E-state index is -0.750. The third-order valence-corrected chi connectivity index (χ3v) is 1.72. The van der Waals surface area contributed by atoms with Crippen LogP contribution in [0.2, 0.25) is 0 Å². The Kier molecular flexibility index (Phi) is 1.81. The number of hydrogen-bond donors (Lipinski definition) is 1. The van der Waals surface area contributed by atoms with Crippen molar-refractivity contribution in [2.75, 3.05) is 7.11 Å². The second kappa shape index (κ2) is 2.99. The van der Waals surface area contributed by atoms with Crippen molar-refractivity contribution >= 4 is 17.1 Å². The van der Waals surface area contributed by atoms with Crippen molar-refractivity contribution in [1.29, 1.82) is 0 Å². The van der Waals surface area contributed by atoms with E-state index in [9.17, 15) is 9.90 Å². The standard InChI is InChI=1S/C8H6N2O4/c1-13-8(12)6-5(11)4-2-9-3-10-7(4)14-6/h2-3,11H,1H3. The normalized spacial score (nSPS) is 10.4. The number of esters is 1. The van der Waals surface area contributed by atoms with Gasteiger partial charge < -0.3 is 14.3 Å². The van der Waals surface area contributed by atoms with E-state index in [4.69, 9.17) is 4.42 Å².